The van der Waals surface area contributed by atoms with Crippen molar-refractivity contribution in [2.45, 2.75) is 74.3 Å². The van der Waals surface area contributed by atoms with E-state index in [1.54, 1.807) is 33.7 Å². The zero-order valence-electron chi connectivity index (χ0n) is 20.7. The molecule has 2 unspecified atom stereocenters. The van der Waals surface area contributed by atoms with Crippen LogP contribution in [0.5, 0.6) is 0 Å². The third-order valence-electron chi connectivity index (χ3n) is 7.56. The van der Waals surface area contributed by atoms with E-state index in [4.69, 9.17) is 4.74 Å². The van der Waals surface area contributed by atoms with E-state index in [1.807, 2.05) is 6.92 Å². The van der Waals surface area contributed by atoms with Crippen LogP contribution in [-0.4, -0.2) is 81.1 Å². The highest BCUT2D eigenvalue weighted by Gasteiger charge is 2.77. The fourth-order valence-electron chi connectivity index (χ4n) is 6.00. The summed E-state index contributed by atoms with van der Waals surface area (Å²) in [6.45, 7) is 13.2. The summed E-state index contributed by atoms with van der Waals surface area (Å²) < 4.78 is 4.56. The second-order valence-electron chi connectivity index (χ2n) is 9.86. The number of carbonyl (C=O) groups is 3. The van der Waals surface area contributed by atoms with Gasteiger partial charge in [0.2, 0.25) is 11.8 Å². The Morgan fingerprint density at radius 2 is 2.03 bits per heavy atom. The molecule has 0 radical (unpaired) electrons. The molecule has 7 nitrogen and oxygen atoms in total. The van der Waals surface area contributed by atoms with Gasteiger partial charge in [0.25, 0.3) is 0 Å². The van der Waals surface area contributed by atoms with E-state index < -0.39 is 27.4 Å². The minimum Gasteiger partial charge on any atom is -0.465 e. The molecule has 0 aliphatic carbocycles. The summed E-state index contributed by atoms with van der Waals surface area (Å²) in [7, 11) is 0. The lowest BCUT2D eigenvalue weighted by Crippen LogP contribution is -2.55. The molecule has 2 amide bonds. The summed E-state index contributed by atoms with van der Waals surface area (Å²) in [6, 6.07) is -0.640. The number of carbonyl (C=O) groups excluding carboxylic acids is 3. The fourth-order valence-corrected chi connectivity index (χ4v) is 8.34. The average molecular weight is 493 g/mol. The molecule has 0 aromatic heterocycles. The number of allylic oxidation sites excluding steroid dienone is 1. The molecule has 3 saturated heterocycles. The molecule has 3 fully saturated rings. The van der Waals surface area contributed by atoms with E-state index >= 15 is 0 Å². The van der Waals surface area contributed by atoms with Crippen LogP contribution in [0.2, 0.25) is 0 Å². The first-order valence-corrected chi connectivity index (χ1v) is 13.4. The van der Waals surface area contributed by atoms with Crippen molar-refractivity contribution >= 4 is 29.5 Å². The van der Waals surface area contributed by atoms with Crippen LogP contribution >= 0.6 is 11.8 Å². The van der Waals surface area contributed by atoms with Crippen molar-refractivity contribution in [3.05, 3.63) is 25.3 Å². The van der Waals surface area contributed by atoms with Gasteiger partial charge in [-0.15, -0.1) is 24.9 Å². The largest absolute Gasteiger partial charge is 0.465 e. The van der Waals surface area contributed by atoms with Crippen molar-refractivity contribution in [1.82, 2.24) is 9.80 Å². The Morgan fingerprint density at radius 1 is 1.26 bits per heavy atom. The molecule has 3 aliphatic heterocycles. The number of thioether (sulfide) groups is 1. The molecule has 5 atom stereocenters. The lowest BCUT2D eigenvalue weighted by molar-refractivity contribution is -0.155. The van der Waals surface area contributed by atoms with Crippen LogP contribution < -0.4 is 0 Å². The minimum absolute atomic E-state index is 0.0613. The summed E-state index contributed by atoms with van der Waals surface area (Å²) in [5.74, 6) is -1.69. The smallest absolute Gasteiger partial charge is 0.311 e. The SMILES string of the molecule is C=CCCCOC(=O)[C@@H]1[C@H]2C(=O)N(CCCO)C(C(=O)N(CC=C)CCCC)C23CC[C@@]1(C)S3. The van der Waals surface area contributed by atoms with E-state index in [1.165, 1.54) is 0 Å². The highest BCUT2D eigenvalue weighted by atomic mass is 32.2. The standard InChI is InChI=1S/C26H40N2O5S/c1-5-8-10-18-33-24(32)20-19-22(30)28(16-11-17-29)21(26(19)13-12-25(20,4)34-26)23(31)27(14-7-3)15-9-6-2/h5,7,19-21,29H,1,3,6,8-18H2,2,4H3/t19-,20-,21?,25+,26?/m0/s1. The number of rotatable bonds is 14. The van der Waals surface area contributed by atoms with Crippen molar-refractivity contribution in [3.8, 4) is 0 Å². The number of hydrogen-bond acceptors (Lipinski definition) is 6. The third kappa shape index (κ3) is 4.68. The molecule has 0 saturated carbocycles. The molecule has 1 N–H and O–H groups in total. The highest BCUT2D eigenvalue weighted by Crippen LogP contribution is 2.71. The van der Waals surface area contributed by atoms with Gasteiger partial charge in [-0.3, -0.25) is 14.4 Å². The van der Waals surface area contributed by atoms with Crippen LogP contribution in [-0.2, 0) is 19.1 Å². The number of esters is 1. The van der Waals surface area contributed by atoms with E-state index in [0.29, 0.717) is 45.5 Å². The molecule has 0 aromatic carbocycles. The Hall–Kier alpha value is -1.80. The molecular weight excluding hydrogens is 452 g/mol. The van der Waals surface area contributed by atoms with Crippen molar-refractivity contribution in [1.29, 1.82) is 0 Å². The zero-order valence-corrected chi connectivity index (χ0v) is 21.5. The maximum absolute atomic E-state index is 14.0. The molecule has 3 rings (SSSR count). The van der Waals surface area contributed by atoms with Crippen molar-refractivity contribution in [3.63, 3.8) is 0 Å². The first kappa shape index (κ1) is 26.8. The van der Waals surface area contributed by atoms with Crippen molar-refractivity contribution < 1.29 is 24.2 Å². The molecule has 2 bridgehead atoms. The Balaban J connectivity index is 1.95. The summed E-state index contributed by atoms with van der Waals surface area (Å²) in [4.78, 5) is 44.6. The quantitative estimate of drug-likeness (QED) is 0.228. The van der Waals surface area contributed by atoms with E-state index in [2.05, 4.69) is 20.1 Å². The minimum atomic E-state index is -0.644. The van der Waals surface area contributed by atoms with E-state index in [9.17, 15) is 19.5 Å². The number of aliphatic hydroxyl groups is 1. The van der Waals surface area contributed by atoms with Gasteiger partial charge in [-0.1, -0.05) is 25.5 Å². The Kier molecular flexibility index (Phi) is 8.90. The molecular formula is C26H40N2O5S. The van der Waals surface area contributed by atoms with E-state index in [-0.39, 0.29) is 24.4 Å². The number of unbranched alkanes of at least 4 members (excludes halogenated alkanes) is 2. The number of nitrogens with zero attached hydrogens (tertiary/aromatic N) is 2. The Morgan fingerprint density at radius 3 is 2.68 bits per heavy atom. The van der Waals surface area contributed by atoms with Gasteiger partial charge in [0.15, 0.2) is 0 Å². The molecule has 34 heavy (non-hydrogen) atoms. The highest BCUT2D eigenvalue weighted by molar-refractivity contribution is 8.02. The number of hydrogen-bond donors (Lipinski definition) is 1. The van der Waals surface area contributed by atoms with Crippen molar-refractivity contribution in [2.24, 2.45) is 11.8 Å². The second kappa shape index (κ2) is 11.3. The fraction of sp³-hybridized carbons (Fsp3) is 0.731. The van der Waals surface area contributed by atoms with Crippen LogP contribution in [0.4, 0.5) is 0 Å². The summed E-state index contributed by atoms with van der Waals surface area (Å²) >= 11 is 1.65. The summed E-state index contributed by atoms with van der Waals surface area (Å²) in [5, 5.41) is 9.47. The average Bonchev–Trinajstić information content (AvgIpc) is 3.38. The van der Waals surface area contributed by atoms with Crippen molar-refractivity contribution in [2.75, 3.05) is 32.8 Å². The molecule has 1 spiro atoms. The first-order chi connectivity index (χ1) is 16.3. The number of likely N-dealkylation sites (tertiary alicyclic amines) is 1. The lowest BCUT2D eigenvalue weighted by atomic mass is 9.66. The van der Waals surface area contributed by atoms with Gasteiger partial charge in [-0.2, -0.15) is 0 Å². The van der Waals surface area contributed by atoms with Gasteiger partial charge in [-0.05, 0) is 45.4 Å². The van der Waals surface area contributed by atoms with E-state index in [0.717, 1.165) is 25.7 Å². The van der Waals surface area contributed by atoms with Crippen LogP contribution in [0.25, 0.3) is 0 Å². The van der Waals surface area contributed by atoms with Gasteiger partial charge in [0.1, 0.15) is 6.04 Å². The van der Waals surface area contributed by atoms with Gasteiger partial charge < -0.3 is 19.6 Å². The van der Waals surface area contributed by atoms with Crippen LogP contribution in [0.1, 0.15) is 58.8 Å². The predicted molar refractivity (Wildman–Crippen MR) is 134 cm³/mol. The predicted octanol–water partition coefficient (Wildman–Crippen LogP) is 3.17. The number of ether oxygens (including phenoxy) is 1. The van der Waals surface area contributed by atoms with Gasteiger partial charge >= 0.3 is 5.97 Å². The number of aliphatic hydroxyl groups excluding tert-OH is 1. The normalized spacial score (nSPS) is 31.4. The van der Waals surface area contributed by atoms with Crippen LogP contribution in [0.3, 0.4) is 0 Å². The summed E-state index contributed by atoms with van der Waals surface area (Å²) in [5.41, 5.74) is 0. The maximum atomic E-state index is 14.0. The lowest BCUT2D eigenvalue weighted by Gasteiger charge is -2.37. The third-order valence-corrected chi connectivity index (χ3v) is 9.55. The van der Waals surface area contributed by atoms with Gasteiger partial charge in [0.05, 0.1) is 23.2 Å². The van der Waals surface area contributed by atoms with Crippen LogP contribution in [0, 0.1) is 11.8 Å². The zero-order chi connectivity index (χ0) is 24.9. The number of amides is 2. The summed E-state index contributed by atoms with van der Waals surface area (Å²) in [6.07, 6.45) is 8.69. The Labute approximate surface area is 208 Å². The molecule has 8 heteroatoms. The molecule has 190 valence electrons. The molecule has 0 aromatic rings. The molecule has 3 aliphatic rings. The topological polar surface area (TPSA) is 87.1 Å². The van der Waals surface area contributed by atoms with Crippen LogP contribution in [0.15, 0.2) is 25.3 Å². The maximum Gasteiger partial charge on any atom is 0.311 e. The van der Waals surface area contributed by atoms with Gasteiger partial charge in [-0.25, -0.2) is 0 Å². The number of fused-ring (bicyclic) bond motifs is 1. The monoisotopic (exact) mass is 492 g/mol. The Bertz CT molecular complexity index is 804. The first-order valence-electron chi connectivity index (χ1n) is 12.6. The second-order valence-corrected chi connectivity index (χ2v) is 11.8. The van der Waals surface area contributed by atoms with Gasteiger partial charge in [0, 0.05) is 31.0 Å². The molecule has 3 heterocycles.